The van der Waals surface area contributed by atoms with Gasteiger partial charge in [0.1, 0.15) is 12.1 Å². The van der Waals surface area contributed by atoms with Gasteiger partial charge < -0.3 is 10.2 Å². The maximum atomic E-state index is 11.4. The molecule has 2 N–H and O–H groups in total. The average molecular weight is 194 g/mol. The van der Waals surface area contributed by atoms with Gasteiger partial charge in [-0.15, -0.1) is 0 Å². The molecular formula is C8H10N4O2. The number of rotatable bonds is 2. The van der Waals surface area contributed by atoms with Crippen LogP contribution in [0.2, 0.25) is 0 Å². The number of aromatic nitrogens is 2. The summed E-state index contributed by atoms with van der Waals surface area (Å²) in [6, 6.07) is -0.508. The fraction of sp³-hybridized carbons (Fsp3) is 0.375. The van der Waals surface area contributed by atoms with E-state index in [0.29, 0.717) is 18.0 Å². The molecule has 0 fully saturated rings. The number of nitrogens with zero attached hydrogens (tertiary/aromatic N) is 2. The number of hydrazine groups is 1. The molecule has 0 bridgehead atoms. The highest BCUT2D eigenvalue weighted by Crippen LogP contribution is 2.25. The minimum Gasteiger partial charge on any atom is -0.465 e. The number of fused-ring (bicyclic) bond motifs is 1. The number of hydrogen-bond acceptors (Lipinski definition) is 6. The zero-order chi connectivity index (χ0) is 9.97. The van der Waals surface area contributed by atoms with E-state index < -0.39 is 6.04 Å². The molecule has 1 aromatic rings. The lowest BCUT2D eigenvalue weighted by atomic mass is 10.2. The summed E-state index contributed by atoms with van der Waals surface area (Å²) in [4.78, 5) is 19.2. The van der Waals surface area contributed by atoms with Crippen molar-refractivity contribution in [2.45, 2.75) is 13.0 Å². The minimum atomic E-state index is -0.508. The number of esters is 1. The smallest absolute Gasteiger partial charge is 0.329 e. The van der Waals surface area contributed by atoms with Gasteiger partial charge in [0, 0.05) is 11.8 Å². The zero-order valence-corrected chi connectivity index (χ0v) is 7.65. The molecule has 1 aliphatic heterocycles. The summed E-state index contributed by atoms with van der Waals surface area (Å²) in [6.45, 7) is 2.13. The van der Waals surface area contributed by atoms with Crippen molar-refractivity contribution >= 4 is 11.8 Å². The molecule has 0 aliphatic carbocycles. The quantitative estimate of drug-likeness (QED) is 0.646. The van der Waals surface area contributed by atoms with Gasteiger partial charge in [-0.05, 0) is 6.92 Å². The van der Waals surface area contributed by atoms with Crippen LogP contribution in [0.1, 0.15) is 18.5 Å². The van der Waals surface area contributed by atoms with Crippen molar-refractivity contribution in [3.05, 3.63) is 18.1 Å². The Balaban J connectivity index is 2.21. The van der Waals surface area contributed by atoms with Crippen LogP contribution in [0, 0.1) is 0 Å². The summed E-state index contributed by atoms with van der Waals surface area (Å²) in [5.41, 5.74) is 6.28. The number of nitrogens with one attached hydrogen (secondary N) is 2. The van der Waals surface area contributed by atoms with E-state index in [1.165, 1.54) is 6.33 Å². The molecule has 14 heavy (non-hydrogen) atoms. The van der Waals surface area contributed by atoms with Crippen LogP contribution < -0.4 is 10.9 Å². The van der Waals surface area contributed by atoms with Crippen LogP contribution in [0.4, 0.5) is 5.82 Å². The average Bonchev–Trinajstić information content (AvgIpc) is 2.61. The van der Waals surface area contributed by atoms with Crippen LogP contribution in [-0.4, -0.2) is 22.5 Å². The first-order chi connectivity index (χ1) is 6.83. The fourth-order valence-electron chi connectivity index (χ4n) is 1.29. The molecule has 0 radical (unpaired) electrons. The molecule has 2 rings (SSSR count). The van der Waals surface area contributed by atoms with E-state index in [9.17, 15) is 4.79 Å². The third kappa shape index (κ3) is 1.39. The molecule has 1 aliphatic rings. The Hall–Kier alpha value is -1.69. The van der Waals surface area contributed by atoms with Crippen molar-refractivity contribution in [3.63, 3.8) is 0 Å². The Bertz CT molecular complexity index is 355. The number of anilines is 1. The summed E-state index contributed by atoms with van der Waals surface area (Å²) in [7, 11) is 0. The number of ether oxygens (including phenoxy) is 1. The van der Waals surface area contributed by atoms with Gasteiger partial charge in [0.2, 0.25) is 0 Å². The van der Waals surface area contributed by atoms with E-state index in [0.717, 1.165) is 0 Å². The molecule has 1 aromatic heterocycles. The molecule has 2 heterocycles. The molecule has 0 amide bonds. The van der Waals surface area contributed by atoms with E-state index in [1.807, 2.05) is 0 Å². The molecule has 0 aromatic carbocycles. The van der Waals surface area contributed by atoms with Crippen LogP contribution in [0.25, 0.3) is 0 Å². The lowest BCUT2D eigenvalue weighted by Crippen LogP contribution is -2.27. The maximum Gasteiger partial charge on any atom is 0.329 e. The third-order valence-electron chi connectivity index (χ3n) is 1.91. The summed E-state index contributed by atoms with van der Waals surface area (Å²) in [5, 5.41) is 0. The summed E-state index contributed by atoms with van der Waals surface area (Å²) in [6.07, 6.45) is 3.01. The van der Waals surface area contributed by atoms with Gasteiger partial charge in [-0.25, -0.2) is 20.2 Å². The van der Waals surface area contributed by atoms with E-state index in [2.05, 4.69) is 20.8 Å². The normalized spacial score (nSPS) is 18.5. The van der Waals surface area contributed by atoms with Crippen LogP contribution in [-0.2, 0) is 9.53 Å². The monoisotopic (exact) mass is 194 g/mol. The van der Waals surface area contributed by atoms with Gasteiger partial charge in [-0.3, -0.25) is 0 Å². The van der Waals surface area contributed by atoms with Crippen molar-refractivity contribution < 1.29 is 9.53 Å². The number of hydrogen-bond donors (Lipinski definition) is 2. The van der Waals surface area contributed by atoms with E-state index in [1.54, 1.807) is 13.1 Å². The van der Waals surface area contributed by atoms with E-state index >= 15 is 0 Å². The van der Waals surface area contributed by atoms with Crippen molar-refractivity contribution in [2.75, 3.05) is 12.0 Å². The van der Waals surface area contributed by atoms with Crippen molar-refractivity contribution in [1.29, 1.82) is 0 Å². The standard InChI is InChI=1S/C8H10N4O2/c1-2-14-8(13)6-5-3-9-4-10-7(5)12-11-6/h3-4,6,11H,2H2,1H3,(H,9,10,12). The van der Waals surface area contributed by atoms with Crippen molar-refractivity contribution in [2.24, 2.45) is 0 Å². The van der Waals surface area contributed by atoms with Crippen LogP contribution in [0.3, 0.4) is 0 Å². The third-order valence-corrected chi connectivity index (χ3v) is 1.91. The number of carbonyl (C=O) groups is 1. The summed E-state index contributed by atoms with van der Waals surface area (Å²) < 4.78 is 4.89. The summed E-state index contributed by atoms with van der Waals surface area (Å²) in [5.74, 6) is 0.298. The van der Waals surface area contributed by atoms with Crippen molar-refractivity contribution in [1.82, 2.24) is 15.4 Å². The highest BCUT2D eigenvalue weighted by atomic mass is 16.5. The largest absolute Gasteiger partial charge is 0.465 e. The van der Waals surface area contributed by atoms with Crippen LogP contribution in [0.15, 0.2) is 12.5 Å². The molecular weight excluding hydrogens is 184 g/mol. The highest BCUT2D eigenvalue weighted by molar-refractivity contribution is 5.81. The van der Waals surface area contributed by atoms with Gasteiger partial charge in [0.15, 0.2) is 6.04 Å². The van der Waals surface area contributed by atoms with E-state index in [-0.39, 0.29) is 5.97 Å². The van der Waals surface area contributed by atoms with Gasteiger partial charge in [-0.1, -0.05) is 0 Å². The first-order valence-electron chi connectivity index (χ1n) is 4.31. The molecule has 0 saturated heterocycles. The number of carbonyl (C=O) groups excluding carboxylic acids is 1. The zero-order valence-electron chi connectivity index (χ0n) is 7.65. The SMILES string of the molecule is CCOC(=O)C1NNc2ncncc21. The molecule has 0 saturated carbocycles. The Morgan fingerprint density at radius 2 is 2.57 bits per heavy atom. The Morgan fingerprint density at radius 1 is 1.71 bits per heavy atom. The van der Waals surface area contributed by atoms with Gasteiger partial charge in [0.05, 0.1) is 6.61 Å². The minimum absolute atomic E-state index is 0.325. The first kappa shape index (κ1) is 8.89. The molecule has 1 unspecified atom stereocenters. The van der Waals surface area contributed by atoms with Crippen LogP contribution in [0.5, 0.6) is 0 Å². The van der Waals surface area contributed by atoms with Crippen molar-refractivity contribution in [3.8, 4) is 0 Å². The predicted octanol–water partition coefficient (Wildman–Crippen LogP) is 0.0109. The van der Waals surface area contributed by atoms with Crippen LogP contribution >= 0.6 is 0 Å². The topological polar surface area (TPSA) is 76.1 Å². The highest BCUT2D eigenvalue weighted by Gasteiger charge is 2.30. The Morgan fingerprint density at radius 3 is 3.36 bits per heavy atom. The molecule has 0 spiro atoms. The van der Waals surface area contributed by atoms with Gasteiger partial charge in [0.25, 0.3) is 0 Å². The fourth-order valence-corrected chi connectivity index (χ4v) is 1.29. The van der Waals surface area contributed by atoms with Gasteiger partial charge in [-0.2, -0.15) is 0 Å². The predicted molar refractivity (Wildman–Crippen MR) is 48.2 cm³/mol. The van der Waals surface area contributed by atoms with Gasteiger partial charge >= 0.3 is 5.97 Å². The lowest BCUT2D eigenvalue weighted by Gasteiger charge is -2.08. The molecule has 6 nitrogen and oxygen atoms in total. The second-order valence-corrected chi connectivity index (χ2v) is 2.78. The molecule has 74 valence electrons. The van der Waals surface area contributed by atoms with E-state index in [4.69, 9.17) is 4.74 Å². The Kier molecular flexibility index (Phi) is 2.28. The second kappa shape index (κ2) is 3.59. The molecule has 1 atom stereocenters. The summed E-state index contributed by atoms with van der Waals surface area (Å²) >= 11 is 0. The lowest BCUT2D eigenvalue weighted by molar-refractivity contribution is -0.145. The second-order valence-electron chi connectivity index (χ2n) is 2.78. The first-order valence-corrected chi connectivity index (χ1v) is 4.31. The molecule has 6 heteroatoms. The Labute approximate surface area is 80.7 Å². The maximum absolute atomic E-state index is 11.4.